The van der Waals surface area contributed by atoms with E-state index in [4.69, 9.17) is 5.73 Å². The number of rotatable bonds is 5. The van der Waals surface area contributed by atoms with Crippen LogP contribution in [0, 0.1) is 6.92 Å². The summed E-state index contributed by atoms with van der Waals surface area (Å²) in [6, 6.07) is 14.2. The van der Waals surface area contributed by atoms with Crippen molar-refractivity contribution in [1.82, 2.24) is 19.3 Å². The summed E-state index contributed by atoms with van der Waals surface area (Å²) in [5, 5.41) is 4.59. The van der Waals surface area contributed by atoms with Gasteiger partial charge in [-0.05, 0) is 50.1 Å². The standard InChI is InChI=1S/C25H26F3N5/c1-16-11-19(15-33(16)14-17-5-10-23(29)30-13-17)22-12-21(31-32(22)4)18-6-8-20(9-7-18)24(2,3)25(26,27)28/h5-13,15H,14H2,1-4H3,(H2,29,30). The van der Waals surface area contributed by atoms with E-state index in [1.165, 1.54) is 26.0 Å². The van der Waals surface area contributed by atoms with Crippen LogP contribution in [0.15, 0.2) is 60.9 Å². The molecular weight excluding hydrogens is 427 g/mol. The zero-order valence-corrected chi connectivity index (χ0v) is 19.0. The van der Waals surface area contributed by atoms with Gasteiger partial charge in [0.25, 0.3) is 0 Å². The van der Waals surface area contributed by atoms with Crippen LogP contribution in [0.3, 0.4) is 0 Å². The van der Waals surface area contributed by atoms with E-state index in [9.17, 15) is 13.2 Å². The molecule has 0 fully saturated rings. The van der Waals surface area contributed by atoms with Crippen molar-refractivity contribution in [3.8, 4) is 22.5 Å². The SMILES string of the molecule is Cc1cc(-c2cc(-c3ccc(C(C)(C)C(F)(F)F)cc3)nn2C)cn1Cc1ccc(N)nc1. The monoisotopic (exact) mass is 453 g/mol. The summed E-state index contributed by atoms with van der Waals surface area (Å²) < 4.78 is 44.0. The van der Waals surface area contributed by atoms with Gasteiger partial charge in [-0.25, -0.2) is 4.98 Å². The van der Waals surface area contributed by atoms with Gasteiger partial charge in [0.1, 0.15) is 5.82 Å². The van der Waals surface area contributed by atoms with Crippen LogP contribution in [0.25, 0.3) is 22.5 Å². The van der Waals surface area contributed by atoms with E-state index < -0.39 is 11.6 Å². The predicted octanol–water partition coefficient (Wildman–Crippen LogP) is 5.73. The Morgan fingerprint density at radius 2 is 1.67 bits per heavy atom. The highest BCUT2D eigenvalue weighted by molar-refractivity contribution is 5.69. The van der Waals surface area contributed by atoms with Crippen molar-refractivity contribution in [2.75, 3.05) is 5.73 Å². The van der Waals surface area contributed by atoms with Gasteiger partial charge >= 0.3 is 6.18 Å². The molecular formula is C25H26F3N5. The molecule has 0 unspecified atom stereocenters. The fraction of sp³-hybridized carbons (Fsp3) is 0.280. The number of anilines is 1. The molecule has 0 radical (unpaired) electrons. The van der Waals surface area contributed by atoms with Crippen LogP contribution in [0.1, 0.15) is 30.7 Å². The van der Waals surface area contributed by atoms with Gasteiger partial charge in [0.2, 0.25) is 0 Å². The molecule has 4 aromatic rings. The number of aryl methyl sites for hydroxylation is 2. The van der Waals surface area contributed by atoms with Crippen molar-refractivity contribution in [2.24, 2.45) is 7.05 Å². The van der Waals surface area contributed by atoms with Crippen LogP contribution in [0.2, 0.25) is 0 Å². The smallest absolute Gasteiger partial charge is 0.384 e. The van der Waals surface area contributed by atoms with Gasteiger partial charge in [0, 0.05) is 42.8 Å². The molecule has 0 atom stereocenters. The summed E-state index contributed by atoms with van der Waals surface area (Å²) in [6.45, 7) is 5.08. The maximum Gasteiger partial charge on any atom is 0.397 e. The molecule has 1 aromatic carbocycles. The molecule has 0 aliphatic rings. The Balaban J connectivity index is 1.60. The van der Waals surface area contributed by atoms with Gasteiger partial charge in [-0.3, -0.25) is 4.68 Å². The first kappa shape index (κ1) is 22.6. The number of nitrogens with zero attached hydrogens (tertiary/aromatic N) is 4. The highest BCUT2D eigenvalue weighted by Crippen LogP contribution is 2.40. The number of nitrogens with two attached hydrogens (primary N) is 1. The Hall–Kier alpha value is -3.55. The highest BCUT2D eigenvalue weighted by Gasteiger charge is 2.48. The molecule has 0 aliphatic carbocycles. The van der Waals surface area contributed by atoms with Crippen molar-refractivity contribution in [1.29, 1.82) is 0 Å². The molecule has 3 heterocycles. The Labute approximate surface area is 190 Å². The maximum atomic E-state index is 13.3. The number of halogens is 3. The highest BCUT2D eigenvalue weighted by atomic mass is 19.4. The predicted molar refractivity (Wildman–Crippen MR) is 124 cm³/mol. The molecule has 0 spiro atoms. The van der Waals surface area contributed by atoms with Crippen LogP contribution in [0.5, 0.6) is 0 Å². The third-order valence-electron chi connectivity index (χ3n) is 6.10. The van der Waals surface area contributed by atoms with Gasteiger partial charge in [-0.15, -0.1) is 0 Å². The Morgan fingerprint density at radius 3 is 2.27 bits per heavy atom. The minimum atomic E-state index is -4.32. The molecule has 5 nitrogen and oxygen atoms in total. The summed E-state index contributed by atoms with van der Waals surface area (Å²) in [5.74, 6) is 0.487. The molecule has 4 rings (SSSR count). The molecule has 33 heavy (non-hydrogen) atoms. The molecule has 3 aromatic heterocycles. The van der Waals surface area contributed by atoms with E-state index in [-0.39, 0.29) is 5.56 Å². The summed E-state index contributed by atoms with van der Waals surface area (Å²) in [7, 11) is 1.86. The van der Waals surface area contributed by atoms with Crippen molar-refractivity contribution in [2.45, 2.75) is 38.9 Å². The van der Waals surface area contributed by atoms with Crippen LogP contribution < -0.4 is 5.73 Å². The first-order valence-electron chi connectivity index (χ1n) is 10.5. The Morgan fingerprint density at radius 1 is 0.970 bits per heavy atom. The van der Waals surface area contributed by atoms with Crippen LogP contribution in [-0.4, -0.2) is 25.5 Å². The molecule has 172 valence electrons. The number of pyridine rings is 1. The fourth-order valence-corrected chi connectivity index (χ4v) is 3.75. The van der Waals surface area contributed by atoms with E-state index in [2.05, 4.69) is 26.9 Å². The lowest BCUT2D eigenvalue weighted by Crippen LogP contribution is -2.36. The second kappa shape index (κ2) is 8.10. The average Bonchev–Trinajstić information content (AvgIpc) is 3.31. The van der Waals surface area contributed by atoms with Crippen LogP contribution in [-0.2, 0) is 19.0 Å². The topological polar surface area (TPSA) is 61.7 Å². The number of benzene rings is 1. The number of hydrogen-bond acceptors (Lipinski definition) is 3. The Kier molecular flexibility index (Phi) is 5.56. The second-order valence-corrected chi connectivity index (χ2v) is 8.83. The molecule has 0 aliphatic heterocycles. The third-order valence-corrected chi connectivity index (χ3v) is 6.10. The minimum absolute atomic E-state index is 0.222. The number of alkyl halides is 3. The zero-order valence-electron chi connectivity index (χ0n) is 19.0. The number of aromatic nitrogens is 4. The van der Waals surface area contributed by atoms with Crippen molar-refractivity contribution in [3.05, 3.63) is 77.7 Å². The summed E-state index contributed by atoms with van der Waals surface area (Å²) in [6.07, 6.45) is -0.498. The first-order valence-corrected chi connectivity index (χ1v) is 10.5. The molecule has 2 N–H and O–H groups in total. The Bertz CT molecular complexity index is 1260. The van der Waals surface area contributed by atoms with Gasteiger partial charge in [-0.1, -0.05) is 30.3 Å². The first-order chi connectivity index (χ1) is 15.5. The molecule has 0 saturated heterocycles. The van der Waals surface area contributed by atoms with Crippen molar-refractivity contribution >= 4 is 5.82 Å². The second-order valence-electron chi connectivity index (χ2n) is 8.83. The minimum Gasteiger partial charge on any atom is -0.384 e. The lowest BCUT2D eigenvalue weighted by Gasteiger charge is -2.28. The number of nitrogen functional groups attached to an aromatic ring is 1. The molecule has 0 bridgehead atoms. The van der Waals surface area contributed by atoms with Gasteiger partial charge in [0.15, 0.2) is 0 Å². The molecule has 8 heteroatoms. The number of hydrogen-bond donors (Lipinski definition) is 1. The van der Waals surface area contributed by atoms with E-state index in [0.29, 0.717) is 18.1 Å². The maximum absolute atomic E-state index is 13.3. The molecule has 0 amide bonds. The molecule has 0 saturated carbocycles. The fourth-order valence-electron chi connectivity index (χ4n) is 3.75. The quantitative estimate of drug-likeness (QED) is 0.420. The van der Waals surface area contributed by atoms with E-state index in [0.717, 1.165) is 28.1 Å². The average molecular weight is 454 g/mol. The van der Waals surface area contributed by atoms with Gasteiger partial charge < -0.3 is 10.3 Å². The third kappa shape index (κ3) is 4.37. The van der Waals surface area contributed by atoms with Crippen LogP contribution >= 0.6 is 0 Å². The van der Waals surface area contributed by atoms with E-state index >= 15 is 0 Å². The van der Waals surface area contributed by atoms with Crippen LogP contribution in [0.4, 0.5) is 19.0 Å². The van der Waals surface area contributed by atoms with Gasteiger partial charge in [0.05, 0.1) is 16.8 Å². The van der Waals surface area contributed by atoms with Crippen molar-refractivity contribution in [3.63, 3.8) is 0 Å². The van der Waals surface area contributed by atoms with Gasteiger partial charge in [-0.2, -0.15) is 18.3 Å². The zero-order chi connectivity index (χ0) is 24.0. The van der Waals surface area contributed by atoms with Crippen molar-refractivity contribution < 1.29 is 13.2 Å². The van der Waals surface area contributed by atoms with E-state index in [1.807, 2.05) is 26.1 Å². The lowest BCUT2D eigenvalue weighted by atomic mass is 9.83. The summed E-state index contributed by atoms with van der Waals surface area (Å²) in [5.41, 5.74) is 9.50. The lowest BCUT2D eigenvalue weighted by molar-refractivity contribution is -0.180. The summed E-state index contributed by atoms with van der Waals surface area (Å²) in [4.78, 5) is 4.14. The van der Waals surface area contributed by atoms with E-state index in [1.54, 1.807) is 29.1 Å². The largest absolute Gasteiger partial charge is 0.397 e. The normalized spacial score (nSPS) is 12.3. The summed E-state index contributed by atoms with van der Waals surface area (Å²) >= 11 is 0.